The first kappa shape index (κ1) is 16.4. The van der Waals surface area contributed by atoms with E-state index >= 15 is 0 Å². The maximum atomic E-state index is 5.43. The van der Waals surface area contributed by atoms with Gasteiger partial charge in [-0.3, -0.25) is 4.90 Å². The summed E-state index contributed by atoms with van der Waals surface area (Å²) in [6.45, 7) is 2.65. The quantitative estimate of drug-likeness (QED) is 0.600. The molecule has 1 aromatic carbocycles. The van der Waals surface area contributed by atoms with Crippen LogP contribution in [-0.2, 0) is 17.0 Å². The van der Waals surface area contributed by atoms with Gasteiger partial charge in [-0.15, -0.1) is 0 Å². The molecule has 1 aliphatic rings. The highest BCUT2D eigenvalue weighted by Crippen LogP contribution is 2.19. The van der Waals surface area contributed by atoms with Gasteiger partial charge in [0, 0.05) is 49.5 Å². The Morgan fingerprint density at radius 1 is 1.09 bits per heavy atom. The second-order valence-electron chi connectivity index (χ2n) is 5.91. The van der Waals surface area contributed by atoms with Crippen LogP contribution in [0.4, 0.5) is 0 Å². The van der Waals surface area contributed by atoms with Crippen molar-refractivity contribution in [3.05, 3.63) is 53.9 Å². The summed E-state index contributed by atoms with van der Waals surface area (Å²) >= 11 is 1.68. The Morgan fingerprint density at radius 2 is 1.78 bits per heavy atom. The fourth-order valence-electron chi connectivity index (χ4n) is 2.76. The number of benzene rings is 1. The normalized spacial score (nSPS) is 15.9. The monoisotopic (exact) mass is 329 g/mol. The smallest absolute Gasteiger partial charge is 0.187 e. The molecule has 0 amide bonds. The summed E-state index contributed by atoms with van der Waals surface area (Å²) in [5.41, 5.74) is 2.47. The Hall–Kier alpha value is -1.43. The van der Waals surface area contributed by atoms with E-state index in [2.05, 4.69) is 46.2 Å². The Balaban J connectivity index is 1.50. The third-order valence-electron chi connectivity index (χ3n) is 4.14. The highest BCUT2D eigenvalue weighted by atomic mass is 32.2. The lowest BCUT2D eigenvalue weighted by atomic mass is 10.1. The summed E-state index contributed by atoms with van der Waals surface area (Å²) in [7, 11) is 2.17. The van der Waals surface area contributed by atoms with E-state index in [9.17, 15) is 0 Å². The third-order valence-corrected chi connectivity index (χ3v) is 5.09. The highest BCUT2D eigenvalue weighted by molar-refractivity contribution is 7.98. The average Bonchev–Trinajstić information content (AvgIpc) is 2.63. The molecule has 0 aliphatic carbocycles. The second-order valence-corrected chi connectivity index (χ2v) is 6.85. The standard InChI is InChI=1S/C18H23N3OS/c1-21(17-7-9-22-10-8-17)13-16-11-19-18(20-12-16)23-14-15-5-3-2-4-6-15/h2-6,11-12,17H,7-10,13-14H2,1H3. The zero-order valence-electron chi connectivity index (χ0n) is 13.5. The molecule has 23 heavy (non-hydrogen) atoms. The fourth-order valence-corrected chi connectivity index (χ4v) is 3.51. The minimum atomic E-state index is 0.607. The first-order valence-corrected chi connectivity index (χ1v) is 9.05. The van der Waals surface area contributed by atoms with Gasteiger partial charge < -0.3 is 4.74 Å². The number of thioether (sulfide) groups is 1. The molecule has 5 heteroatoms. The van der Waals surface area contributed by atoms with E-state index in [1.165, 1.54) is 11.1 Å². The van der Waals surface area contributed by atoms with E-state index in [0.717, 1.165) is 43.5 Å². The lowest BCUT2D eigenvalue weighted by Crippen LogP contribution is -2.36. The lowest BCUT2D eigenvalue weighted by molar-refractivity contribution is 0.0406. The van der Waals surface area contributed by atoms with Crippen molar-refractivity contribution in [2.75, 3.05) is 20.3 Å². The Bertz CT molecular complexity index is 585. The molecule has 2 aromatic rings. The van der Waals surface area contributed by atoms with Gasteiger partial charge >= 0.3 is 0 Å². The molecule has 1 saturated heterocycles. The molecule has 1 aliphatic heterocycles. The number of nitrogens with zero attached hydrogens (tertiary/aromatic N) is 3. The number of hydrogen-bond acceptors (Lipinski definition) is 5. The Morgan fingerprint density at radius 3 is 2.48 bits per heavy atom. The SMILES string of the molecule is CN(Cc1cnc(SCc2ccccc2)nc1)C1CCOCC1. The number of aromatic nitrogens is 2. The topological polar surface area (TPSA) is 38.2 Å². The number of rotatable bonds is 6. The molecule has 0 saturated carbocycles. The van der Waals surface area contributed by atoms with Crippen molar-refractivity contribution in [2.24, 2.45) is 0 Å². The van der Waals surface area contributed by atoms with Crippen molar-refractivity contribution < 1.29 is 4.74 Å². The van der Waals surface area contributed by atoms with Crippen molar-refractivity contribution in [3.63, 3.8) is 0 Å². The van der Waals surface area contributed by atoms with Crippen LogP contribution in [0.3, 0.4) is 0 Å². The van der Waals surface area contributed by atoms with Crippen LogP contribution >= 0.6 is 11.8 Å². The van der Waals surface area contributed by atoms with Crippen molar-refractivity contribution in [2.45, 2.75) is 36.3 Å². The summed E-state index contributed by atoms with van der Waals surface area (Å²) in [6.07, 6.45) is 6.14. The van der Waals surface area contributed by atoms with Crippen molar-refractivity contribution >= 4 is 11.8 Å². The molecule has 122 valence electrons. The molecule has 2 heterocycles. The zero-order chi connectivity index (χ0) is 15.9. The van der Waals surface area contributed by atoms with E-state index in [4.69, 9.17) is 4.74 Å². The van der Waals surface area contributed by atoms with E-state index in [-0.39, 0.29) is 0 Å². The average molecular weight is 329 g/mol. The van der Waals surface area contributed by atoms with Crippen LogP contribution in [0.15, 0.2) is 47.9 Å². The van der Waals surface area contributed by atoms with Gasteiger partial charge in [0.2, 0.25) is 0 Å². The molecular weight excluding hydrogens is 306 g/mol. The van der Waals surface area contributed by atoms with Crippen LogP contribution in [0.25, 0.3) is 0 Å². The molecule has 3 rings (SSSR count). The summed E-state index contributed by atoms with van der Waals surface area (Å²) in [5, 5.41) is 0.839. The Kier molecular flexibility index (Phi) is 6.02. The van der Waals surface area contributed by atoms with Gasteiger partial charge in [0.25, 0.3) is 0 Å². The summed E-state index contributed by atoms with van der Waals surface area (Å²) < 4.78 is 5.43. The first-order valence-electron chi connectivity index (χ1n) is 8.07. The predicted octanol–water partition coefficient (Wildman–Crippen LogP) is 3.38. The molecular formula is C18H23N3OS. The molecule has 1 aromatic heterocycles. The van der Waals surface area contributed by atoms with Crippen LogP contribution in [0.5, 0.6) is 0 Å². The van der Waals surface area contributed by atoms with E-state index in [1.54, 1.807) is 11.8 Å². The zero-order valence-corrected chi connectivity index (χ0v) is 14.3. The van der Waals surface area contributed by atoms with Crippen LogP contribution in [0, 0.1) is 0 Å². The highest BCUT2D eigenvalue weighted by Gasteiger charge is 2.18. The van der Waals surface area contributed by atoms with Gasteiger partial charge in [0.05, 0.1) is 0 Å². The number of hydrogen-bond donors (Lipinski definition) is 0. The predicted molar refractivity (Wildman–Crippen MR) is 93.3 cm³/mol. The van der Waals surface area contributed by atoms with Gasteiger partial charge in [0.1, 0.15) is 0 Å². The van der Waals surface area contributed by atoms with Crippen LogP contribution in [0.1, 0.15) is 24.0 Å². The van der Waals surface area contributed by atoms with Crippen LogP contribution in [0.2, 0.25) is 0 Å². The summed E-state index contributed by atoms with van der Waals surface area (Å²) in [4.78, 5) is 11.4. The second kappa shape index (κ2) is 8.43. The molecule has 0 spiro atoms. The van der Waals surface area contributed by atoms with Gasteiger partial charge in [-0.1, -0.05) is 42.1 Å². The molecule has 0 radical (unpaired) electrons. The molecule has 0 N–H and O–H groups in total. The van der Waals surface area contributed by atoms with Crippen LogP contribution in [-0.4, -0.2) is 41.2 Å². The summed E-state index contributed by atoms with van der Waals surface area (Å²) in [5.74, 6) is 0.905. The first-order chi connectivity index (χ1) is 11.3. The van der Waals surface area contributed by atoms with E-state index < -0.39 is 0 Å². The minimum absolute atomic E-state index is 0.607. The number of ether oxygens (including phenoxy) is 1. The molecule has 1 fully saturated rings. The molecule has 0 bridgehead atoms. The summed E-state index contributed by atoms with van der Waals surface area (Å²) in [6, 6.07) is 11.0. The van der Waals surface area contributed by atoms with Gasteiger partial charge in [-0.2, -0.15) is 0 Å². The van der Waals surface area contributed by atoms with Gasteiger partial charge in [-0.25, -0.2) is 9.97 Å². The fraction of sp³-hybridized carbons (Fsp3) is 0.444. The maximum Gasteiger partial charge on any atom is 0.187 e. The Labute approximate surface area is 142 Å². The van der Waals surface area contributed by atoms with Crippen LogP contribution < -0.4 is 0 Å². The van der Waals surface area contributed by atoms with Gasteiger partial charge in [-0.05, 0) is 25.5 Å². The molecule has 4 nitrogen and oxygen atoms in total. The third kappa shape index (κ3) is 5.03. The van der Waals surface area contributed by atoms with E-state index in [1.807, 2.05) is 18.5 Å². The van der Waals surface area contributed by atoms with Crippen molar-refractivity contribution in [3.8, 4) is 0 Å². The largest absolute Gasteiger partial charge is 0.381 e. The minimum Gasteiger partial charge on any atom is -0.381 e. The maximum absolute atomic E-state index is 5.43. The van der Waals surface area contributed by atoms with Crippen molar-refractivity contribution in [1.29, 1.82) is 0 Å². The molecule has 0 unspecified atom stereocenters. The van der Waals surface area contributed by atoms with E-state index in [0.29, 0.717) is 6.04 Å². The van der Waals surface area contributed by atoms with Gasteiger partial charge in [0.15, 0.2) is 5.16 Å². The lowest BCUT2D eigenvalue weighted by Gasteiger charge is -2.31. The molecule has 0 atom stereocenters. The van der Waals surface area contributed by atoms with Crippen molar-refractivity contribution in [1.82, 2.24) is 14.9 Å².